The highest BCUT2D eigenvalue weighted by Crippen LogP contribution is 2.76. The molecule has 4 saturated carbocycles. The number of hydrogen-bond donors (Lipinski definition) is 1. The van der Waals surface area contributed by atoms with Crippen molar-refractivity contribution in [2.24, 2.45) is 29.1 Å². The third-order valence-corrected chi connectivity index (χ3v) is 7.60. The first-order valence-corrected chi connectivity index (χ1v) is 10.2. The van der Waals surface area contributed by atoms with Crippen molar-refractivity contribution in [3.8, 4) is 0 Å². The van der Waals surface area contributed by atoms with E-state index < -0.39 is 5.60 Å². The van der Waals surface area contributed by atoms with Gasteiger partial charge in [-0.1, -0.05) is 0 Å². The van der Waals surface area contributed by atoms with Crippen molar-refractivity contribution < 1.29 is 19.4 Å². The smallest absolute Gasteiger partial charge is 0.332 e. The zero-order chi connectivity index (χ0) is 18.0. The Morgan fingerprint density at radius 1 is 1.24 bits per heavy atom. The van der Waals surface area contributed by atoms with Crippen molar-refractivity contribution in [2.45, 2.75) is 89.9 Å². The number of hydrogen-bond acceptors (Lipinski definition) is 4. The van der Waals surface area contributed by atoms with E-state index >= 15 is 0 Å². The Hall–Kier alpha value is -0.610. The predicted octanol–water partition coefficient (Wildman–Crippen LogP) is 3.70. The zero-order valence-electron chi connectivity index (χ0n) is 16.2. The molecule has 0 aromatic carbocycles. The van der Waals surface area contributed by atoms with Crippen LogP contribution in [0.15, 0.2) is 0 Å². The highest BCUT2D eigenvalue weighted by Gasteiger charge is 2.76. The number of aliphatic hydroxyl groups is 1. The number of esters is 1. The van der Waals surface area contributed by atoms with Crippen molar-refractivity contribution in [3.05, 3.63) is 0 Å². The maximum Gasteiger partial charge on any atom is 0.332 e. The standard InChI is InChI=1S/C21H34O4/c1-13(22)10-20-8-7-15(11-20)18-14-5-6-16(9-14)21(18,20)24-12-17(23)25-19(2,3)4/h13-16,18,22H,5-12H2,1-4H3. The SMILES string of the molecule is CC(O)CC12CCC(C1)C1C3CCC(C3)C12OCC(=O)OC(C)(C)C. The lowest BCUT2D eigenvalue weighted by atomic mass is 9.59. The van der Waals surface area contributed by atoms with E-state index in [0.29, 0.717) is 11.8 Å². The molecule has 0 aliphatic heterocycles. The summed E-state index contributed by atoms with van der Waals surface area (Å²) >= 11 is 0. The molecule has 7 atom stereocenters. The van der Waals surface area contributed by atoms with Crippen LogP contribution in [-0.2, 0) is 14.3 Å². The third-order valence-electron chi connectivity index (χ3n) is 7.60. The van der Waals surface area contributed by atoms with Crippen molar-refractivity contribution in [1.29, 1.82) is 0 Å². The lowest BCUT2D eigenvalue weighted by Gasteiger charge is -2.53. The summed E-state index contributed by atoms with van der Waals surface area (Å²) in [6, 6.07) is 0. The van der Waals surface area contributed by atoms with Gasteiger partial charge in [0.25, 0.3) is 0 Å². The average Bonchev–Trinajstić information content (AvgIpc) is 3.19. The molecule has 0 aromatic rings. The molecular formula is C21H34O4. The molecule has 142 valence electrons. The van der Waals surface area contributed by atoms with Crippen LogP contribution < -0.4 is 0 Å². The van der Waals surface area contributed by atoms with Gasteiger partial charge >= 0.3 is 5.97 Å². The van der Waals surface area contributed by atoms with Crippen LogP contribution in [0, 0.1) is 29.1 Å². The topological polar surface area (TPSA) is 55.8 Å². The fourth-order valence-corrected chi connectivity index (χ4v) is 7.53. The summed E-state index contributed by atoms with van der Waals surface area (Å²) in [4.78, 5) is 12.3. The molecule has 7 unspecified atom stereocenters. The molecule has 1 N–H and O–H groups in total. The van der Waals surface area contributed by atoms with E-state index in [1.807, 2.05) is 27.7 Å². The number of ether oxygens (including phenoxy) is 2. The zero-order valence-corrected chi connectivity index (χ0v) is 16.2. The van der Waals surface area contributed by atoms with Gasteiger partial charge in [0.15, 0.2) is 0 Å². The van der Waals surface area contributed by atoms with Gasteiger partial charge in [-0.25, -0.2) is 4.79 Å². The van der Waals surface area contributed by atoms with E-state index in [1.165, 1.54) is 32.1 Å². The van der Waals surface area contributed by atoms with Crippen LogP contribution in [0.25, 0.3) is 0 Å². The first kappa shape index (κ1) is 17.8. The minimum absolute atomic E-state index is 0.0608. The molecule has 0 saturated heterocycles. The summed E-state index contributed by atoms with van der Waals surface area (Å²) in [5.74, 6) is 2.41. The fraction of sp³-hybridized carbons (Fsp3) is 0.952. The number of rotatable bonds is 5. The summed E-state index contributed by atoms with van der Waals surface area (Å²) in [7, 11) is 0. The van der Waals surface area contributed by atoms with Gasteiger partial charge in [-0.15, -0.1) is 0 Å². The number of carbonyl (C=O) groups excluding carboxylic acids is 1. The quantitative estimate of drug-likeness (QED) is 0.607. The predicted molar refractivity (Wildman–Crippen MR) is 94.9 cm³/mol. The van der Waals surface area contributed by atoms with Crippen molar-refractivity contribution >= 4 is 5.97 Å². The Kier molecular flexibility index (Phi) is 4.05. The molecule has 0 heterocycles. The second-order valence-electron chi connectivity index (χ2n) is 10.3. The summed E-state index contributed by atoms with van der Waals surface area (Å²) < 4.78 is 12.1. The van der Waals surface area contributed by atoms with Gasteiger partial charge in [-0.2, -0.15) is 0 Å². The average molecular weight is 350 g/mol. The van der Waals surface area contributed by atoms with E-state index in [-0.39, 0.29) is 29.7 Å². The van der Waals surface area contributed by atoms with Crippen LogP contribution in [0.1, 0.15) is 72.6 Å². The molecule has 0 amide bonds. The highest BCUT2D eigenvalue weighted by molar-refractivity contribution is 5.71. The molecule has 25 heavy (non-hydrogen) atoms. The van der Waals surface area contributed by atoms with Crippen molar-refractivity contribution in [2.75, 3.05) is 6.61 Å². The number of carbonyl (C=O) groups is 1. The molecule has 4 bridgehead atoms. The Bertz CT molecular complexity index is 551. The second-order valence-corrected chi connectivity index (χ2v) is 10.3. The van der Waals surface area contributed by atoms with Gasteiger partial charge in [0.05, 0.1) is 11.7 Å². The van der Waals surface area contributed by atoms with Crippen LogP contribution in [-0.4, -0.2) is 35.0 Å². The molecule has 0 radical (unpaired) electrons. The summed E-state index contributed by atoms with van der Waals surface area (Å²) in [6.45, 7) is 7.66. The van der Waals surface area contributed by atoms with Gasteiger partial charge < -0.3 is 14.6 Å². The molecule has 4 aliphatic carbocycles. The molecular weight excluding hydrogens is 316 g/mol. The molecule has 4 aliphatic rings. The van der Waals surface area contributed by atoms with E-state index in [2.05, 4.69) is 0 Å². The molecule has 4 nitrogen and oxygen atoms in total. The minimum atomic E-state index is -0.474. The Labute approximate surface area is 151 Å². The lowest BCUT2D eigenvalue weighted by molar-refractivity contribution is -0.206. The maximum absolute atomic E-state index is 12.3. The van der Waals surface area contributed by atoms with E-state index in [9.17, 15) is 9.90 Å². The largest absolute Gasteiger partial charge is 0.458 e. The van der Waals surface area contributed by atoms with Gasteiger partial charge in [0, 0.05) is 5.41 Å². The molecule has 4 fully saturated rings. The fourth-order valence-electron chi connectivity index (χ4n) is 7.53. The van der Waals surface area contributed by atoms with E-state index in [4.69, 9.17) is 9.47 Å². The van der Waals surface area contributed by atoms with Gasteiger partial charge in [0.1, 0.15) is 12.2 Å². The van der Waals surface area contributed by atoms with Gasteiger partial charge in [-0.3, -0.25) is 0 Å². The van der Waals surface area contributed by atoms with Crippen LogP contribution in [0.5, 0.6) is 0 Å². The van der Waals surface area contributed by atoms with Crippen LogP contribution in [0.2, 0.25) is 0 Å². The summed E-state index contributed by atoms with van der Waals surface area (Å²) in [5.41, 5.74) is -0.594. The number of aliphatic hydroxyl groups excluding tert-OH is 1. The summed E-state index contributed by atoms with van der Waals surface area (Å²) in [6.07, 6.45) is 7.93. The Morgan fingerprint density at radius 3 is 2.68 bits per heavy atom. The molecule has 4 rings (SSSR count). The molecule has 0 aromatic heterocycles. The van der Waals surface area contributed by atoms with Crippen LogP contribution in [0.3, 0.4) is 0 Å². The molecule has 4 heteroatoms. The minimum Gasteiger partial charge on any atom is -0.458 e. The lowest BCUT2D eigenvalue weighted by Crippen LogP contribution is -2.57. The highest BCUT2D eigenvalue weighted by atomic mass is 16.6. The van der Waals surface area contributed by atoms with E-state index in [0.717, 1.165) is 24.7 Å². The molecule has 0 spiro atoms. The first-order chi connectivity index (χ1) is 11.7. The maximum atomic E-state index is 12.3. The van der Waals surface area contributed by atoms with Crippen LogP contribution >= 0.6 is 0 Å². The second kappa shape index (κ2) is 5.69. The Balaban J connectivity index is 1.60. The normalized spacial score (nSPS) is 45.6. The summed E-state index contributed by atoms with van der Waals surface area (Å²) in [5, 5.41) is 10.2. The first-order valence-electron chi connectivity index (χ1n) is 10.2. The van der Waals surface area contributed by atoms with Crippen molar-refractivity contribution in [1.82, 2.24) is 0 Å². The van der Waals surface area contributed by atoms with Gasteiger partial charge in [0.2, 0.25) is 0 Å². The van der Waals surface area contributed by atoms with Gasteiger partial charge in [-0.05, 0) is 96.3 Å². The van der Waals surface area contributed by atoms with E-state index in [1.54, 1.807) is 0 Å². The Morgan fingerprint density at radius 2 is 2.00 bits per heavy atom. The third kappa shape index (κ3) is 2.58. The van der Waals surface area contributed by atoms with Crippen molar-refractivity contribution in [3.63, 3.8) is 0 Å². The number of fused-ring (bicyclic) bond motifs is 9. The van der Waals surface area contributed by atoms with Crippen LogP contribution in [0.4, 0.5) is 0 Å². The monoisotopic (exact) mass is 350 g/mol.